The molecule has 0 heterocycles. The molecule has 26 heavy (non-hydrogen) atoms. The lowest BCUT2D eigenvalue weighted by Gasteiger charge is -2.22. The molecule has 0 aliphatic heterocycles. The molecule has 0 bridgehead atoms. The van der Waals surface area contributed by atoms with Crippen molar-refractivity contribution in [2.24, 2.45) is 0 Å². The van der Waals surface area contributed by atoms with Crippen molar-refractivity contribution in [1.29, 1.82) is 0 Å². The first kappa shape index (κ1) is 19.0. The predicted molar refractivity (Wildman–Crippen MR) is 102 cm³/mol. The second-order valence-corrected chi connectivity index (χ2v) is 5.65. The molecule has 2 aromatic carbocycles. The van der Waals surface area contributed by atoms with Gasteiger partial charge in [-0.3, -0.25) is 9.59 Å². The van der Waals surface area contributed by atoms with E-state index in [1.807, 2.05) is 18.2 Å². The molecule has 7 nitrogen and oxygen atoms in total. The number of amides is 4. The number of nitrogens with zero attached hydrogens (tertiary/aromatic N) is 1. The summed E-state index contributed by atoms with van der Waals surface area (Å²) < 4.78 is 0. The van der Waals surface area contributed by atoms with Crippen LogP contribution in [0, 0.1) is 0 Å². The van der Waals surface area contributed by atoms with Crippen molar-refractivity contribution in [2.45, 2.75) is 13.8 Å². The van der Waals surface area contributed by atoms with Crippen molar-refractivity contribution >= 4 is 34.9 Å². The minimum absolute atomic E-state index is 0.157. The Labute approximate surface area is 152 Å². The molecule has 0 saturated heterocycles. The summed E-state index contributed by atoms with van der Waals surface area (Å²) in [5.74, 6) is -0.342. The standard InChI is InChI=1S/C19H22N4O3/c1-14(24)21-17-9-6-10-18(13-17)23(15(2)25)12-11-20-19(26)22-16-7-4-3-5-8-16/h3-10,13H,11-12H2,1-2H3,(H,21,24)(H2,20,22,26). The van der Waals surface area contributed by atoms with E-state index in [9.17, 15) is 14.4 Å². The highest BCUT2D eigenvalue weighted by Crippen LogP contribution is 2.19. The van der Waals surface area contributed by atoms with Gasteiger partial charge in [0.15, 0.2) is 0 Å². The van der Waals surface area contributed by atoms with E-state index >= 15 is 0 Å². The van der Waals surface area contributed by atoms with E-state index in [1.165, 1.54) is 18.7 Å². The fourth-order valence-electron chi connectivity index (χ4n) is 2.40. The Morgan fingerprint density at radius 3 is 2.23 bits per heavy atom. The van der Waals surface area contributed by atoms with E-state index in [2.05, 4.69) is 16.0 Å². The fourth-order valence-corrected chi connectivity index (χ4v) is 2.40. The van der Waals surface area contributed by atoms with Crippen molar-refractivity contribution in [1.82, 2.24) is 5.32 Å². The zero-order valence-electron chi connectivity index (χ0n) is 14.8. The van der Waals surface area contributed by atoms with Gasteiger partial charge in [-0.1, -0.05) is 24.3 Å². The largest absolute Gasteiger partial charge is 0.336 e. The van der Waals surface area contributed by atoms with Gasteiger partial charge in [0.25, 0.3) is 0 Å². The van der Waals surface area contributed by atoms with Gasteiger partial charge >= 0.3 is 6.03 Å². The molecule has 136 valence electrons. The third-order valence-electron chi connectivity index (χ3n) is 3.51. The number of anilines is 3. The molecule has 0 atom stereocenters. The topological polar surface area (TPSA) is 90.5 Å². The van der Waals surface area contributed by atoms with Gasteiger partial charge < -0.3 is 20.9 Å². The van der Waals surface area contributed by atoms with Crippen LogP contribution in [0.25, 0.3) is 0 Å². The van der Waals surface area contributed by atoms with Crippen LogP contribution in [0.15, 0.2) is 54.6 Å². The molecule has 0 unspecified atom stereocenters. The van der Waals surface area contributed by atoms with Gasteiger partial charge in [0.2, 0.25) is 11.8 Å². The number of benzene rings is 2. The molecular weight excluding hydrogens is 332 g/mol. The molecule has 3 N–H and O–H groups in total. The van der Waals surface area contributed by atoms with Gasteiger partial charge in [0.1, 0.15) is 0 Å². The Morgan fingerprint density at radius 1 is 0.885 bits per heavy atom. The van der Waals surface area contributed by atoms with Crippen molar-refractivity contribution in [3.05, 3.63) is 54.6 Å². The van der Waals surface area contributed by atoms with Gasteiger partial charge in [-0.15, -0.1) is 0 Å². The van der Waals surface area contributed by atoms with Gasteiger partial charge in [-0.25, -0.2) is 4.79 Å². The van der Waals surface area contributed by atoms with E-state index in [1.54, 1.807) is 36.4 Å². The number of urea groups is 1. The zero-order valence-corrected chi connectivity index (χ0v) is 14.8. The second-order valence-electron chi connectivity index (χ2n) is 5.65. The monoisotopic (exact) mass is 354 g/mol. The summed E-state index contributed by atoms with van der Waals surface area (Å²) in [4.78, 5) is 36.6. The lowest BCUT2D eigenvalue weighted by Crippen LogP contribution is -2.39. The molecule has 7 heteroatoms. The van der Waals surface area contributed by atoms with Crippen molar-refractivity contribution < 1.29 is 14.4 Å². The third kappa shape index (κ3) is 5.94. The second kappa shape index (κ2) is 9.22. The third-order valence-corrected chi connectivity index (χ3v) is 3.51. The lowest BCUT2D eigenvalue weighted by atomic mass is 10.2. The van der Waals surface area contributed by atoms with Crippen LogP contribution in [-0.4, -0.2) is 30.9 Å². The molecule has 0 fully saturated rings. The van der Waals surface area contributed by atoms with Crippen LogP contribution >= 0.6 is 0 Å². The Bertz CT molecular complexity index is 777. The minimum atomic E-state index is -0.341. The normalized spacial score (nSPS) is 9.92. The first-order valence-electron chi connectivity index (χ1n) is 8.21. The average molecular weight is 354 g/mol. The van der Waals surface area contributed by atoms with E-state index < -0.39 is 0 Å². The van der Waals surface area contributed by atoms with E-state index in [0.717, 1.165) is 0 Å². The predicted octanol–water partition coefficient (Wildman–Crippen LogP) is 2.82. The molecule has 0 radical (unpaired) electrons. The summed E-state index contributed by atoms with van der Waals surface area (Å²) >= 11 is 0. The van der Waals surface area contributed by atoms with Crippen LogP contribution in [0.4, 0.5) is 21.9 Å². The maximum absolute atomic E-state index is 12.0. The quantitative estimate of drug-likeness (QED) is 0.745. The number of hydrogen-bond donors (Lipinski definition) is 3. The van der Waals surface area contributed by atoms with Crippen molar-refractivity contribution in [2.75, 3.05) is 28.6 Å². The number of carbonyl (C=O) groups is 3. The molecule has 0 saturated carbocycles. The Kier molecular flexibility index (Phi) is 6.73. The lowest BCUT2D eigenvalue weighted by molar-refractivity contribution is -0.116. The molecule has 4 amide bonds. The molecule has 2 aromatic rings. The maximum Gasteiger partial charge on any atom is 0.319 e. The van der Waals surface area contributed by atoms with Crippen LogP contribution in [0.2, 0.25) is 0 Å². The Balaban J connectivity index is 1.93. The highest BCUT2D eigenvalue weighted by molar-refractivity contribution is 5.94. The van der Waals surface area contributed by atoms with Gasteiger partial charge in [0, 0.05) is 44.0 Å². The molecule has 2 rings (SSSR count). The van der Waals surface area contributed by atoms with Gasteiger partial charge in [0.05, 0.1) is 0 Å². The first-order valence-corrected chi connectivity index (χ1v) is 8.21. The van der Waals surface area contributed by atoms with E-state index in [-0.39, 0.29) is 24.4 Å². The van der Waals surface area contributed by atoms with Crippen LogP contribution in [-0.2, 0) is 9.59 Å². The zero-order chi connectivity index (χ0) is 18.9. The fraction of sp³-hybridized carbons (Fsp3) is 0.211. The van der Waals surface area contributed by atoms with Gasteiger partial charge in [-0.2, -0.15) is 0 Å². The summed E-state index contributed by atoms with van der Waals surface area (Å²) in [5, 5.41) is 8.12. The average Bonchev–Trinajstić information content (AvgIpc) is 2.59. The van der Waals surface area contributed by atoms with Crippen LogP contribution in [0.3, 0.4) is 0 Å². The minimum Gasteiger partial charge on any atom is -0.336 e. The molecular formula is C19H22N4O3. The summed E-state index contributed by atoms with van der Waals surface area (Å²) in [7, 11) is 0. The number of rotatable bonds is 6. The van der Waals surface area contributed by atoms with Gasteiger partial charge in [-0.05, 0) is 30.3 Å². The maximum atomic E-state index is 12.0. The summed E-state index contributed by atoms with van der Waals surface area (Å²) in [6.07, 6.45) is 0. The van der Waals surface area contributed by atoms with Crippen LogP contribution < -0.4 is 20.9 Å². The highest BCUT2D eigenvalue weighted by atomic mass is 16.2. The number of nitrogens with one attached hydrogen (secondary N) is 3. The number of hydrogen-bond acceptors (Lipinski definition) is 3. The van der Waals surface area contributed by atoms with E-state index in [0.29, 0.717) is 23.6 Å². The number of para-hydroxylation sites is 1. The van der Waals surface area contributed by atoms with E-state index in [4.69, 9.17) is 0 Å². The molecule has 0 aromatic heterocycles. The summed E-state index contributed by atoms with van der Waals surface area (Å²) in [6, 6.07) is 15.7. The SMILES string of the molecule is CC(=O)Nc1cccc(N(CCNC(=O)Nc2ccccc2)C(C)=O)c1. The smallest absolute Gasteiger partial charge is 0.319 e. The Hall–Kier alpha value is -3.35. The summed E-state index contributed by atoms with van der Waals surface area (Å²) in [6.45, 7) is 3.46. The van der Waals surface area contributed by atoms with Crippen molar-refractivity contribution in [3.8, 4) is 0 Å². The summed E-state index contributed by atoms with van der Waals surface area (Å²) in [5.41, 5.74) is 1.95. The molecule has 0 spiro atoms. The van der Waals surface area contributed by atoms with Crippen LogP contribution in [0.1, 0.15) is 13.8 Å². The van der Waals surface area contributed by atoms with Crippen molar-refractivity contribution in [3.63, 3.8) is 0 Å². The number of carbonyl (C=O) groups excluding carboxylic acids is 3. The molecule has 0 aliphatic rings. The van der Waals surface area contributed by atoms with Crippen LogP contribution in [0.5, 0.6) is 0 Å². The molecule has 0 aliphatic carbocycles. The highest BCUT2D eigenvalue weighted by Gasteiger charge is 2.12. The first-order chi connectivity index (χ1) is 12.5. The Morgan fingerprint density at radius 2 is 1.58 bits per heavy atom.